The van der Waals surface area contributed by atoms with E-state index in [2.05, 4.69) is 39.5 Å². The van der Waals surface area contributed by atoms with E-state index in [1.54, 1.807) is 12.1 Å². The standard InChI is InChI=1S/C36H48N4O5/c41-32-12-10-30(31-11-13-34(43)38-36(31)32)33(42)20-37-16-17-40(22-27-8-9-27)35(44)15-19-45-18-14-25-4-6-26(7-5-25)21-39-23-28-2-1-3-29(28)24-39/h4-7,10-13,27-29,33,37,41-42H,1-3,8-9,14-24H2,(H,38,43). The van der Waals surface area contributed by atoms with Crippen molar-refractivity contribution in [3.63, 3.8) is 0 Å². The van der Waals surface area contributed by atoms with Gasteiger partial charge in [-0.3, -0.25) is 14.5 Å². The minimum Gasteiger partial charge on any atom is -0.506 e. The van der Waals surface area contributed by atoms with Gasteiger partial charge in [0, 0.05) is 57.3 Å². The number of H-pyrrole nitrogens is 1. The van der Waals surface area contributed by atoms with E-state index in [0.717, 1.165) is 31.3 Å². The van der Waals surface area contributed by atoms with Crippen LogP contribution in [-0.2, 0) is 22.5 Å². The molecule has 2 heterocycles. The first kappa shape index (κ1) is 31.7. The molecule has 3 atom stereocenters. The minimum absolute atomic E-state index is 0.0341. The number of likely N-dealkylation sites (tertiary alicyclic amines) is 1. The van der Waals surface area contributed by atoms with Crippen LogP contribution in [0.5, 0.6) is 5.75 Å². The molecule has 9 nitrogen and oxygen atoms in total. The molecule has 242 valence electrons. The number of rotatable bonds is 16. The van der Waals surface area contributed by atoms with Crippen LogP contribution in [0.3, 0.4) is 0 Å². The number of nitrogens with zero attached hydrogens (tertiary/aromatic N) is 2. The number of carbonyl (C=O) groups is 1. The Hall–Kier alpha value is -3.24. The molecule has 3 unspecified atom stereocenters. The van der Waals surface area contributed by atoms with E-state index in [4.69, 9.17) is 4.74 Å². The van der Waals surface area contributed by atoms with Crippen molar-refractivity contribution in [2.24, 2.45) is 17.8 Å². The number of pyridine rings is 1. The SMILES string of the molecule is O=C(CCOCCc1ccc(CN2CC3CCCC3C2)cc1)N(CCNCC(O)c1ccc(O)c2[nH]c(=O)ccc12)CC1CC1. The summed E-state index contributed by atoms with van der Waals surface area (Å²) in [6.45, 7) is 6.77. The van der Waals surface area contributed by atoms with Gasteiger partial charge in [-0.25, -0.2) is 0 Å². The number of ether oxygens (including phenoxy) is 1. The summed E-state index contributed by atoms with van der Waals surface area (Å²) in [7, 11) is 0. The summed E-state index contributed by atoms with van der Waals surface area (Å²) >= 11 is 0. The van der Waals surface area contributed by atoms with Gasteiger partial charge in [0.2, 0.25) is 11.5 Å². The fraction of sp³-hybridized carbons (Fsp3) is 0.556. The lowest BCUT2D eigenvalue weighted by Crippen LogP contribution is -2.39. The second-order valence-corrected chi connectivity index (χ2v) is 13.4. The average Bonchev–Trinajstić information content (AvgIpc) is 3.62. The van der Waals surface area contributed by atoms with E-state index >= 15 is 0 Å². The lowest BCUT2D eigenvalue weighted by atomic mass is 10.0. The molecule has 3 aliphatic rings. The number of aromatic hydroxyl groups is 1. The van der Waals surface area contributed by atoms with Crippen molar-refractivity contribution in [1.29, 1.82) is 0 Å². The number of hydrogen-bond acceptors (Lipinski definition) is 7. The lowest BCUT2D eigenvalue weighted by molar-refractivity contribution is -0.132. The highest BCUT2D eigenvalue weighted by Gasteiger charge is 2.35. The normalized spacial score (nSPS) is 20.5. The topological polar surface area (TPSA) is 118 Å². The van der Waals surface area contributed by atoms with E-state index < -0.39 is 6.10 Å². The summed E-state index contributed by atoms with van der Waals surface area (Å²) in [5.74, 6) is 2.51. The molecular formula is C36H48N4O5. The molecule has 45 heavy (non-hydrogen) atoms. The minimum atomic E-state index is -0.832. The van der Waals surface area contributed by atoms with Crippen molar-refractivity contribution in [3.05, 3.63) is 75.6 Å². The molecule has 1 aliphatic heterocycles. The number of aromatic amines is 1. The lowest BCUT2D eigenvalue weighted by Gasteiger charge is -2.23. The van der Waals surface area contributed by atoms with Crippen LogP contribution in [-0.4, -0.2) is 83.4 Å². The van der Waals surface area contributed by atoms with Crippen LogP contribution in [0.4, 0.5) is 0 Å². The zero-order valence-corrected chi connectivity index (χ0v) is 26.3. The molecule has 0 radical (unpaired) electrons. The van der Waals surface area contributed by atoms with E-state index in [9.17, 15) is 19.8 Å². The number of benzene rings is 2. The largest absolute Gasteiger partial charge is 0.506 e. The molecule has 0 bridgehead atoms. The molecule has 2 aromatic carbocycles. The number of nitrogens with one attached hydrogen (secondary N) is 2. The van der Waals surface area contributed by atoms with Gasteiger partial charge in [0.15, 0.2) is 0 Å². The molecule has 1 aromatic heterocycles. The number of hydrogen-bond donors (Lipinski definition) is 4. The molecule has 9 heteroatoms. The Morgan fingerprint density at radius 3 is 2.51 bits per heavy atom. The van der Waals surface area contributed by atoms with Gasteiger partial charge in [-0.2, -0.15) is 0 Å². The Morgan fingerprint density at radius 1 is 1.00 bits per heavy atom. The summed E-state index contributed by atoms with van der Waals surface area (Å²) in [6.07, 6.45) is 6.96. The summed E-state index contributed by atoms with van der Waals surface area (Å²) in [6, 6.07) is 15.1. The Bertz CT molecular complexity index is 1480. The Labute approximate surface area is 265 Å². The van der Waals surface area contributed by atoms with Gasteiger partial charge >= 0.3 is 0 Å². The number of amides is 1. The zero-order chi connectivity index (χ0) is 31.2. The molecule has 3 fully saturated rings. The Balaban J connectivity index is 0.887. The van der Waals surface area contributed by atoms with Gasteiger partial charge in [0.05, 0.1) is 31.3 Å². The smallest absolute Gasteiger partial charge is 0.248 e. The molecular weight excluding hydrogens is 568 g/mol. The average molecular weight is 617 g/mol. The second kappa shape index (κ2) is 14.9. The third-order valence-corrected chi connectivity index (χ3v) is 9.92. The van der Waals surface area contributed by atoms with Crippen LogP contribution >= 0.6 is 0 Å². The van der Waals surface area contributed by atoms with E-state index in [-0.39, 0.29) is 23.8 Å². The molecule has 1 saturated heterocycles. The van der Waals surface area contributed by atoms with Crippen LogP contribution in [0.25, 0.3) is 10.9 Å². The highest BCUT2D eigenvalue weighted by atomic mass is 16.5. The quantitative estimate of drug-likeness (QED) is 0.180. The number of phenols is 1. The van der Waals surface area contributed by atoms with Gasteiger partial charge in [-0.15, -0.1) is 0 Å². The van der Waals surface area contributed by atoms with Crippen molar-refractivity contribution in [2.75, 3.05) is 52.5 Å². The van der Waals surface area contributed by atoms with E-state index in [1.807, 2.05) is 4.90 Å². The molecule has 2 saturated carbocycles. The zero-order valence-electron chi connectivity index (χ0n) is 26.3. The number of fused-ring (bicyclic) bond motifs is 2. The third kappa shape index (κ3) is 8.52. The van der Waals surface area contributed by atoms with Crippen LogP contribution in [0.15, 0.2) is 53.3 Å². The van der Waals surface area contributed by atoms with Crippen molar-refractivity contribution < 1.29 is 19.7 Å². The number of phenolic OH excluding ortho intramolecular Hbond substituents is 1. The summed E-state index contributed by atoms with van der Waals surface area (Å²) in [5.41, 5.74) is 3.27. The highest BCUT2D eigenvalue weighted by Crippen LogP contribution is 2.38. The maximum absolute atomic E-state index is 13.1. The molecule has 0 spiro atoms. The number of carbonyl (C=O) groups excluding carboxylic acids is 1. The van der Waals surface area contributed by atoms with Crippen LogP contribution < -0.4 is 10.9 Å². The number of aliphatic hydroxyl groups excluding tert-OH is 1. The molecule has 2 aliphatic carbocycles. The predicted octanol–water partition coefficient (Wildman–Crippen LogP) is 3.98. The first-order valence-corrected chi connectivity index (χ1v) is 16.8. The van der Waals surface area contributed by atoms with Crippen molar-refractivity contribution in [1.82, 2.24) is 20.1 Å². The van der Waals surface area contributed by atoms with Gasteiger partial charge in [-0.1, -0.05) is 36.8 Å². The van der Waals surface area contributed by atoms with Gasteiger partial charge in [0.1, 0.15) is 5.75 Å². The number of aliphatic hydroxyl groups is 1. The Morgan fingerprint density at radius 2 is 1.76 bits per heavy atom. The Kier molecular flexibility index (Phi) is 10.5. The van der Waals surface area contributed by atoms with Crippen molar-refractivity contribution in [3.8, 4) is 5.75 Å². The second-order valence-electron chi connectivity index (χ2n) is 13.4. The van der Waals surface area contributed by atoms with Crippen LogP contribution in [0.2, 0.25) is 0 Å². The van der Waals surface area contributed by atoms with Crippen molar-refractivity contribution >= 4 is 16.8 Å². The summed E-state index contributed by atoms with van der Waals surface area (Å²) in [5, 5.41) is 24.8. The molecule has 1 amide bonds. The fourth-order valence-corrected chi connectivity index (χ4v) is 7.18. The highest BCUT2D eigenvalue weighted by molar-refractivity contribution is 5.87. The van der Waals surface area contributed by atoms with Crippen molar-refractivity contribution in [2.45, 2.75) is 57.6 Å². The van der Waals surface area contributed by atoms with Gasteiger partial charge in [0.25, 0.3) is 0 Å². The first-order valence-electron chi connectivity index (χ1n) is 16.8. The fourth-order valence-electron chi connectivity index (χ4n) is 7.18. The number of aromatic nitrogens is 1. The van der Waals surface area contributed by atoms with E-state index in [1.165, 1.54) is 68.5 Å². The van der Waals surface area contributed by atoms with Gasteiger partial charge < -0.3 is 30.2 Å². The maximum Gasteiger partial charge on any atom is 0.248 e. The van der Waals surface area contributed by atoms with Gasteiger partial charge in [-0.05, 0) is 78.7 Å². The summed E-state index contributed by atoms with van der Waals surface area (Å²) < 4.78 is 5.87. The van der Waals surface area contributed by atoms with Crippen LogP contribution in [0, 0.1) is 17.8 Å². The molecule has 4 N–H and O–H groups in total. The first-order chi connectivity index (χ1) is 21.9. The monoisotopic (exact) mass is 616 g/mol. The maximum atomic E-state index is 13.1. The van der Waals surface area contributed by atoms with E-state index in [0.29, 0.717) is 55.1 Å². The molecule has 6 rings (SSSR count). The predicted molar refractivity (Wildman–Crippen MR) is 175 cm³/mol. The molecule has 3 aromatic rings. The van der Waals surface area contributed by atoms with Crippen LogP contribution in [0.1, 0.15) is 61.3 Å². The summed E-state index contributed by atoms with van der Waals surface area (Å²) in [4.78, 5) is 31.9. The third-order valence-electron chi connectivity index (χ3n) is 9.92.